The van der Waals surface area contributed by atoms with Crippen molar-refractivity contribution in [2.45, 2.75) is 26.7 Å². The predicted molar refractivity (Wildman–Crippen MR) is 76.7 cm³/mol. The number of nitrogens with two attached hydrogens (primary N) is 1. The third kappa shape index (κ3) is 3.35. The van der Waals surface area contributed by atoms with Crippen LogP contribution in [-0.4, -0.2) is 36.1 Å². The number of pyridine rings is 1. The van der Waals surface area contributed by atoms with Crippen LogP contribution in [0.5, 0.6) is 0 Å². The van der Waals surface area contributed by atoms with Gasteiger partial charge in [-0.15, -0.1) is 0 Å². The number of anilines is 2. The molecule has 1 fully saturated rings. The monoisotopic (exact) mass is 248 g/mol. The summed E-state index contributed by atoms with van der Waals surface area (Å²) in [6.07, 6.45) is 4.31. The van der Waals surface area contributed by atoms with Crippen molar-refractivity contribution in [3.05, 3.63) is 17.8 Å². The van der Waals surface area contributed by atoms with Crippen molar-refractivity contribution >= 4 is 11.5 Å². The van der Waals surface area contributed by atoms with Crippen LogP contribution in [0.3, 0.4) is 0 Å². The van der Waals surface area contributed by atoms with E-state index in [9.17, 15) is 0 Å². The first kappa shape index (κ1) is 13.1. The summed E-state index contributed by atoms with van der Waals surface area (Å²) in [5.41, 5.74) is 7.61. The summed E-state index contributed by atoms with van der Waals surface area (Å²) in [6, 6.07) is 2.02. The highest BCUT2D eigenvalue weighted by atomic mass is 15.1. The van der Waals surface area contributed by atoms with Crippen LogP contribution in [0, 0.1) is 12.8 Å². The van der Waals surface area contributed by atoms with Gasteiger partial charge in [0.15, 0.2) is 0 Å². The minimum absolute atomic E-state index is 0.761. The van der Waals surface area contributed by atoms with Gasteiger partial charge in [-0.05, 0) is 56.9 Å². The first-order valence-electron chi connectivity index (χ1n) is 6.87. The summed E-state index contributed by atoms with van der Waals surface area (Å²) < 4.78 is 0. The topological polar surface area (TPSA) is 54.2 Å². The van der Waals surface area contributed by atoms with Crippen molar-refractivity contribution in [3.8, 4) is 0 Å². The van der Waals surface area contributed by atoms with E-state index in [0.29, 0.717) is 0 Å². The highest BCUT2D eigenvalue weighted by Crippen LogP contribution is 2.18. The first-order valence-corrected chi connectivity index (χ1v) is 6.87. The zero-order chi connectivity index (χ0) is 13.0. The van der Waals surface area contributed by atoms with Gasteiger partial charge in [0.2, 0.25) is 0 Å². The number of aryl methyl sites for hydroxylation is 1. The molecule has 1 saturated heterocycles. The third-order valence-corrected chi connectivity index (χ3v) is 3.88. The lowest BCUT2D eigenvalue weighted by molar-refractivity contribution is 0.198. The quantitative estimate of drug-likeness (QED) is 0.857. The normalized spacial score (nSPS) is 17.9. The van der Waals surface area contributed by atoms with Gasteiger partial charge in [-0.3, -0.25) is 0 Å². The van der Waals surface area contributed by atoms with Crippen molar-refractivity contribution < 1.29 is 0 Å². The maximum absolute atomic E-state index is 5.76. The molecule has 0 aromatic carbocycles. The Hall–Kier alpha value is -1.29. The fourth-order valence-corrected chi connectivity index (χ4v) is 2.42. The largest absolute Gasteiger partial charge is 0.397 e. The number of hydrogen-bond donors (Lipinski definition) is 2. The van der Waals surface area contributed by atoms with Crippen molar-refractivity contribution in [3.63, 3.8) is 0 Å². The smallest absolute Gasteiger partial charge is 0.126 e. The molecule has 2 heterocycles. The molecule has 3 N–H and O–H groups in total. The van der Waals surface area contributed by atoms with Gasteiger partial charge in [-0.2, -0.15) is 0 Å². The third-order valence-electron chi connectivity index (χ3n) is 3.88. The molecule has 0 bridgehead atoms. The Morgan fingerprint density at radius 1 is 1.44 bits per heavy atom. The SMILES string of the molecule is CCN1CCC(CNc2cc(C)c(N)cn2)CC1. The van der Waals surface area contributed by atoms with Crippen LogP contribution in [-0.2, 0) is 0 Å². The van der Waals surface area contributed by atoms with E-state index in [0.717, 1.165) is 29.5 Å². The molecule has 4 nitrogen and oxygen atoms in total. The molecule has 100 valence electrons. The fourth-order valence-electron chi connectivity index (χ4n) is 2.42. The predicted octanol–water partition coefficient (Wildman–Crippen LogP) is 2.12. The Balaban J connectivity index is 1.79. The molecule has 0 saturated carbocycles. The number of rotatable bonds is 4. The van der Waals surface area contributed by atoms with E-state index in [4.69, 9.17) is 5.73 Å². The molecule has 1 aliphatic heterocycles. The van der Waals surface area contributed by atoms with Gasteiger partial charge in [-0.25, -0.2) is 4.98 Å². The second kappa shape index (κ2) is 6.05. The summed E-state index contributed by atoms with van der Waals surface area (Å²) in [7, 11) is 0. The van der Waals surface area contributed by atoms with E-state index in [1.54, 1.807) is 6.20 Å². The molecular formula is C14H24N4. The van der Waals surface area contributed by atoms with Crippen molar-refractivity contribution in [2.75, 3.05) is 37.2 Å². The van der Waals surface area contributed by atoms with Gasteiger partial charge in [0.25, 0.3) is 0 Å². The Kier molecular flexibility index (Phi) is 4.42. The first-order chi connectivity index (χ1) is 8.69. The maximum Gasteiger partial charge on any atom is 0.126 e. The average molecular weight is 248 g/mol. The van der Waals surface area contributed by atoms with Crippen LogP contribution in [0.15, 0.2) is 12.3 Å². The average Bonchev–Trinajstić information content (AvgIpc) is 2.41. The summed E-state index contributed by atoms with van der Waals surface area (Å²) in [4.78, 5) is 6.82. The Morgan fingerprint density at radius 3 is 2.78 bits per heavy atom. The lowest BCUT2D eigenvalue weighted by atomic mass is 9.97. The Bertz CT molecular complexity index is 383. The number of nitrogens with zero attached hydrogens (tertiary/aromatic N) is 2. The van der Waals surface area contributed by atoms with Crippen molar-refractivity contribution in [1.29, 1.82) is 0 Å². The minimum atomic E-state index is 0.761. The summed E-state index contributed by atoms with van der Waals surface area (Å²) in [5.74, 6) is 1.71. The van der Waals surface area contributed by atoms with E-state index in [2.05, 4.69) is 22.1 Å². The molecule has 1 aliphatic rings. The Labute approximate surface area is 110 Å². The van der Waals surface area contributed by atoms with Crippen LogP contribution >= 0.6 is 0 Å². The zero-order valence-electron chi connectivity index (χ0n) is 11.4. The zero-order valence-corrected chi connectivity index (χ0v) is 11.4. The molecular weight excluding hydrogens is 224 g/mol. The van der Waals surface area contributed by atoms with Gasteiger partial charge >= 0.3 is 0 Å². The van der Waals surface area contributed by atoms with Crippen molar-refractivity contribution in [2.24, 2.45) is 5.92 Å². The van der Waals surface area contributed by atoms with Gasteiger partial charge in [0, 0.05) is 6.54 Å². The highest BCUT2D eigenvalue weighted by Gasteiger charge is 2.17. The highest BCUT2D eigenvalue weighted by molar-refractivity contribution is 5.50. The van der Waals surface area contributed by atoms with Crippen molar-refractivity contribution in [1.82, 2.24) is 9.88 Å². The molecule has 2 rings (SSSR count). The summed E-state index contributed by atoms with van der Waals surface area (Å²) in [5, 5.41) is 3.43. The van der Waals surface area contributed by atoms with E-state index in [1.807, 2.05) is 13.0 Å². The number of piperidine rings is 1. The fraction of sp³-hybridized carbons (Fsp3) is 0.643. The van der Waals surface area contributed by atoms with E-state index < -0.39 is 0 Å². The van der Waals surface area contributed by atoms with Crippen LogP contribution in [0.1, 0.15) is 25.3 Å². The number of nitrogen functional groups attached to an aromatic ring is 1. The number of aromatic nitrogens is 1. The second-order valence-electron chi connectivity index (χ2n) is 5.18. The molecule has 0 unspecified atom stereocenters. The maximum atomic E-state index is 5.76. The molecule has 18 heavy (non-hydrogen) atoms. The van der Waals surface area contributed by atoms with E-state index >= 15 is 0 Å². The van der Waals surface area contributed by atoms with E-state index in [-0.39, 0.29) is 0 Å². The number of likely N-dealkylation sites (tertiary alicyclic amines) is 1. The Morgan fingerprint density at radius 2 is 2.17 bits per heavy atom. The summed E-state index contributed by atoms with van der Waals surface area (Å²) in [6.45, 7) is 8.92. The molecule has 0 amide bonds. The van der Waals surface area contributed by atoms with Gasteiger partial charge < -0.3 is 16.0 Å². The molecule has 1 aromatic heterocycles. The molecule has 0 radical (unpaired) electrons. The lowest BCUT2D eigenvalue weighted by Crippen LogP contribution is -2.35. The van der Waals surface area contributed by atoms with E-state index in [1.165, 1.54) is 32.5 Å². The second-order valence-corrected chi connectivity index (χ2v) is 5.18. The van der Waals surface area contributed by atoms with Gasteiger partial charge in [-0.1, -0.05) is 6.92 Å². The molecule has 4 heteroatoms. The number of hydrogen-bond acceptors (Lipinski definition) is 4. The van der Waals surface area contributed by atoms with Crippen LogP contribution in [0.25, 0.3) is 0 Å². The van der Waals surface area contributed by atoms with Crippen LogP contribution in [0.2, 0.25) is 0 Å². The van der Waals surface area contributed by atoms with Crippen LogP contribution < -0.4 is 11.1 Å². The molecule has 0 aliphatic carbocycles. The van der Waals surface area contributed by atoms with Gasteiger partial charge in [0.1, 0.15) is 5.82 Å². The lowest BCUT2D eigenvalue weighted by Gasteiger charge is -2.31. The van der Waals surface area contributed by atoms with Gasteiger partial charge in [0.05, 0.1) is 11.9 Å². The van der Waals surface area contributed by atoms with Crippen LogP contribution in [0.4, 0.5) is 11.5 Å². The minimum Gasteiger partial charge on any atom is -0.397 e. The summed E-state index contributed by atoms with van der Waals surface area (Å²) >= 11 is 0. The molecule has 1 aromatic rings. The standard InChI is InChI=1S/C14H24N4/c1-3-18-6-4-12(5-7-18)9-16-14-8-11(2)13(15)10-17-14/h8,10,12H,3-7,9,15H2,1-2H3,(H,16,17). The molecule has 0 spiro atoms. The molecule has 0 atom stereocenters. The number of nitrogens with one attached hydrogen (secondary N) is 1.